The number of halogens is 2. The predicted molar refractivity (Wildman–Crippen MR) is 125 cm³/mol. The topological polar surface area (TPSA) is 89.8 Å². The lowest BCUT2D eigenvalue weighted by atomic mass is 10.1. The van der Waals surface area contributed by atoms with Gasteiger partial charge in [0, 0.05) is 45.0 Å². The van der Waals surface area contributed by atoms with E-state index in [-0.39, 0.29) is 29.4 Å². The molecule has 0 unspecified atom stereocenters. The van der Waals surface area contributed by atoms with Gasteiger partial charge < -0.3 is 24.4 Å². The first-order valence-electron chi connectivity index (χ1n) is 11.2. The molecule has 1 fully saturated rings. The summed E-state index contributed by atoms with van der Waals surface area (Å²) in [5, 5.41) is 7.47. The largest absolute Gasteiger partial charge is 0.494 e. The van der Waals surface area contributed by atoms with Crippen LogP contribution in [0.25, 0.3) is 0 Å². The van der Waals surface area contributed by atoms with Gasteiger partial charge in [0.05, 0.1) is 50.6 Å². The maximum atomic E-state index is 14.5. The summed E-state index contributed by atoms with van der Waals surface area (Å²) in [5.74, 6) is -1.39. The van der Waals surface area contributed by atoms with E-state index in [4.69, 9.17) is 14.2 Å². The molecule has 0 bridgehead atoms. The number of ether oxygens (including phenoxy) is 3. The minimum atomic E-state index is -0.852. The van der Waals surface area contributed by atoms with Crippen molar-refractivity contribution in [3.05, 3.63) is 48.1 Å². The molecule has 1 N–H and O–H groups in total. The molecule has 3 aromatic rings. The number of piperazine rings is 1. The van der Waals surface area contributed by atoms with Gasteiger partial charge in [-0.15, -0.1) is 0 Å². The quantitative estimate of drug-likeness (QED) is 0.461. The molecular formula is C23H29F2N7O3. The highest BCUT2D eigenvalue weighted by molar-refractivity contribution is 5.50. The summed E-state index contributed by atoms with van der Waals surface area (Å²) in [6.07, 6.45) is 6.44. The number of likely N-dealkylation sites (N-methyl/N-ethyl adjacent to an activating group) is 1. The van der Waals surface area contributed by atoms with Crippen LogP contribution in [0.2, 0.25) is 0 Å². The number of anilines is 2. The van der Waals surface area contributed by atoms with Gasteiger partial charge in [-0.05, 0) is 7.05 Å². The molecule has 10 nitrogen and oxygen atoms in total. The Balaban J connectivity index is 1.31. The highest BCUT2D eigenvalue weighted by Crippen LogP contribution is 2.32. The van der Waals surface area contributed by atoms with E-state index in [0.29, 0.717) is 5.95 Å². The first kappa shape index (κ1) is 24.6. The maximum absolute atomic E-state index is 14.5. The molecular weight excluding hydrogens is 460 g/mol. The fourth-order valence-electron chi connectivity index (χ4n) is 3.67. The highest BCUT2D eigenvalue weighted by Gasteiger charge is 2.20. The van der Waals surface area contributed by atoms with Crippen LogP contribution in [0.5, 0.6) is 17.2 Å². The zero-order chi connectivity index (χ0) is 24.8. The van der Waals surface area contributed by atoms with Crippen molar-refractivity contribution >= 4 is 11.6 Å². The molecule has 0 saturated carbocycles. The number of nitrogens with one attached hydrogen (secondary N) is 1. The number of hydrogen-bond acceptors (Lipinski definition) is 9. The molecule has 0 amide bonds. The zero-order valence-electron chi connectivity index (χ0n) is 20.0. The van der Waals surface area contributed by atoms with Gasteiger partial charge in [0.25, 0.3) is 0 Å². The van der Waals surface area contributed by atoms with Crippen LogP contribution in [-0.4, -0.2) is 83.5 Å². The summed E-state index contributed by atoms with van der Waals surface area (Å²) in [4.78, 5) is 13.2. The van der Waals surface area contributed by atoms with Crippen molar-refractivity contribution in [3.63, 3.8) is 0 Å². The van der Waals surface area contributed by atoms with Gasteiger partial charge in [0.2, 0.25) is 5.95 Å². The SMILES string of the molecule is COc1cc(OC)c(F)c(COc2cnc(Nc3cnn(CCN4CCN(C)CC4)c3)nc2)c1F. The lowest BCUT2D eigenvalue weighted by Gasteiger charge is -2.32. The smallest absolute Gasteiger partial charge is 0.227 e. The second-order valence-corrected chi connectivity index (χ2v) is 8.18. The summed E-state index contributed by atoms with van der Waals surface area (Å²) < 4.78 is 46.2. The Bertz CT molecular complexity index is 1090. The van der Waals surface area contributed by atoms with E-state index in [1.807, 2.05) is 10.9 Å². The molecule has 188 valence electrons. The average molecular weight is 490 g/mol. The second-order valence-electron chi connectivity index (χ2n) is 8.18. The van der Waals surface area contributed by atoms with E-state index < -0.39 is 11.6 Å². The Morgan fingerprint density at radius 3 is 2.23 bits per heavy atom. The van der Waals surface area contributed by atoms with Crippen molar-refractivity contribution in [2.45, 2.75) is 13.2 Å². The van der Waals surface area contributed by atoms with Gasteiger partial charge in [-0.1, -0.05) is 0 Å². The van der Waals surface area contributed by atoms with Gasteiger partial charge in [0.15, 0.2) is 28.9 Å². The molecule has 3 heterocycles. The second kappa shape index (κ2) is 11.3. The van der Waals surface area contributed by atoms with Crippen LogP contribution < -0.4 is 19.5 Å². The average Bonchev–Trinajstić information content (AvgIpc) is 3.32. The fourth-order valence-corrected chi connectivity index (χ4v) is 3.67. The van der Waals surface area contributed by atoms with E-state index in [2.05, 4.69) is 37.2 Å². The molecule has 1 aliphatic heterocycles. The van der Waals surface area contributed by atoms with Crippen molar-refractivity contribution in [2.24, 2.45) is 0 Å². The van der Waals surface area contributed by atoms with Gasteiger partial charge in [-0.2, -0.15) is 5.10 Å². The first-order valence-corrected chi connectivity index (χ1v) is 11.2. The van der Waals surface area contributed by atoms with Crippen molar-refractivity contribution < 1.29 is 23.0 Å². The van der Waals surface area contributed by atoms with Crippen molar-refractivity contribution in [1.82, 2.24) is 29.5 Å². The Morgan fingerprint density at radius 2 is 1.60 bits per heavy atom. The predicted octanol–water partition coefficient (Wildman–Crippen LogP) is 2.54. The number of rotatable bonds is 10. The zero-order valence-corrected chi connectivity index (χ0v) is 20.0. The third-order valence-electron chi connectivity index (χ3n) is 5.81. The number of benzene rings is 1. The minimum Gasteiger partial charge on any atom is -0.494 e. The lowest BCUT2D eigenvalue weighted by molar-refractivity contribution is 0.149. The maximum Gasteiger partial charge on any atom is 0.227 e. The van der Waals surface area contributed by atoms with Crippen LogP contribution in [0.3, 0.4) is 0 Å². The number of methoxy groups -OCH3 is 2. The summed E-state index contributed by atoms with van der Waals surface area (Å²) in [7, 11) is 4.72. The molecule has 35 heavy (non-hydrogen) atoms. The molecule has 0 radical (unpaired) electrons. The van der Waals surface area contributed by atoms with Gasteiger partial charge in [-0.3, -0.25) is 9.58 Å². The van der Waals surface area contributed by atoms with E-state index in [9.17, 15) is 8.78 Å². The number of hydrogen-bond donors (Lipinski definition) is 1. The molecule has 0 atom stereocenters. The molecule has 2 aromatic heterocycles. The number of nitrogens with zero attached hydrogens (tertiary/aromatic N) is 6. The molecule has 12 heteroatoms. The van der Waals surface area contributed by atoms with E-state index in [1.165, 1.54) is 26.6 Å². The van der Waals surface area contributed by atoms with Gasteiger partial charge >= 0.3 is 0 Å². The summed E-state index contributed by atoms with van der Waals surface area (Å²) in [5.41, 5.74) is 0.442. The van der Waals surface area contributed by atoms with Gasteiger partial charge in [-0.25, -0.2) is 18.7 Å². The molecule has 0 spiro atoms. The normalized spacial score (nSPS) is 14.7. The van der Waals surface area contributed by atoms with Crippen LogP contribution in [0.4, 0.5) is 20.4 Å². The molecule has 0 aliphatic carbocycles. The van der Waals surface area contributed by atoms with Crippen LogP contribution in [0.1, 0.15) is 5.56 Å². The number of aromatic nitrogens is 4. The van der Waals surface area contributed by atoms with Crippen molar-refractivity contribution in [2.75, 3.05) is 59.3 Å². The van der Waals surface area contributed by atoms with Crippen LogP contribution >= 0.6 is 0 Å². The minimum absolute atomic E-state index is 0.137. The Morgan fingerprint density at radius 1 is 0.943 bits per heavy atom. The highest BCUT2D eigenvalue weighted by atomic mass is 19.1. The molecule has 1 aromatic carbocycles. The molecule has 4 rings (SSSR count). The van der Waals surface area contributed by atoms with Gasteiger partial charge in [0.1, 0.15) is 6.61 Å². The van der Waals surface area contributed by atoms with E-state index in [1.54, 1.807) is 6.20 Å². The third kappa shape index (κ3) is 6.14. The standard InChI is InChI=1S/C23H29F2N7O3/c1-30-4-6-31(7-5-30)8-9-32-14-16(11-28-32)29-23-26-12-17(13-27-23)35-15-18-21(24)19(33-2)10-20(34-3)22(18)25/h10-14H,4-9,15H2,1-3H3,(H,26,27,29). The van der Waals surface area contributed by atoms with Crippen LogP contribution in [-0.2, 0) is 13.2 Å². The monoisotopic (exact) mass is 489 g/mol. The Kier molecular flexibility index (Phi) is 7.93. The first-order chi connectivity index (χ1) is 17.0. The Hall–Kier alpha value is -3.51. The van der Waals surface area contributed by atoms with Crippen LogP contribution in [0, 0.1) is 11.6 Å². The third-order valence-corrected chi connectivity index (χ3v) is 5.81. The molecule has 1 saturated heterocycles. The van der Waals surface area contributed by atoms with E-state index in [0.717, 1.165) is 51.0 Å². The summed E-state index contributed by atoms with van der Waals surface area (Å²) in [6, 6.07) is 1.15. The summed E-state index contributed by atoms with van der Waals surface area (Å²) >= 11 is 0. The van der Waals surface area contributed by atoms with Crippen molar-refractivity contribution in [1.29, 1.82) is 0 Å². The lowest BCUT2D eigenvalue weighted by Crippen LogP contribution is -2.45. The van der Waals surface area contributed by atoms with E-state index >= 15 is 0 Å². The van der Waals surface area contributed by atoms with Crippen LogP contribution in [0.15, 0.2) is 30.9 Å². The fraction of sp³-hybridized carbons (Fsp3) is 0.435. The Labute approximate surface area is 202 Å². The van der Waals surface area contributed by atoms with Crippen molar-refractivity contribution in [3.8, 4) is 17.2 Å². The molecule has 1 aliphatic rings. The summed E-state index contributed by atoms with van der Waals surface area (Å²) in [6.45, 7) is 5.65.